The molecule has 1 heterocycles. The summed E-state index contributed by atoms with van der Waals surface area (Å²) in [4.78, 5) is 6.83. The van der Waals surface area contributed by atoms with Gasteiger partial charge in [0, 0.05) is 25.3 Å². The number of unbranched alkanes of at least 4 members (excludes halogenated alkanes) is 1. The zero-order valence-electron chi connectivity index (χ0n) is 14.0. The highest BCUT2D eigenvalue weighted by molar-refractivity contribution is 14.0. The molecule has 6 heteroatoms. The summed E-state index contributed by atoms with van der Waals surface area (Å²) in [6.45, 7) is 7.90. The van der Waals surface area contributed by atoms with E-state index in [2.05, 4.69) is 34.3 Å². The van der Waals surface area contributed by atoms with Gasteiger partial charge in [-0.05, 0) is 43.5 Å². The number of benzene rings is 1. The SMILES string of the molecule is CCc1ccc(NC(N)=NCCCCN2CCOCC2)cc1.I. The van der Waals surface area contributed by atoms with E-state index >= 15 is 0 Å². The van der Waals surface area contributed by atoms with Gasteiger partial charge in [0.05, 0.1) is 13.2 Å². The fourth-order valence-electron chi connectivity index (χ4n) is 2.48. The maximum Gasteiger partial charge on any atom is 0.193 e. The van der Waals surface area contributed by atoms with Crippen LogP contribution in [0.25, 0.3) is 0 Å². The van der Waals surface area contributed by atoms with Crippen molar-refractivity contribution in [2.75, 3.05) is 44.7 Å². The van der Waals surface area contributed by atoms with E-state index in [0.29, 0.717) is 5.96 Å². The van der Waals surface area contributed by atoms with Gasteiger partial charge in [-0.1, -0.05) is 19.1 Å². The van der Waals surface area contributed by atoms with Crippen LogP contribution >= 0.6 is 24.0 Å². The van der Waals surface area contributed by atoms with Crippen LogP contribution in [0, 0.1) is 0 Å². The maximum atomic E-state index is 5.91. The Labute approximate surface area is 156 Å². The molecule has 23 heavy (non-hydrogen) atoms. The molecule has 1 saturated heterocycles. The molecule has 0 amide bonds. The zero-order valence-corrected chi connectivity index (χ0v) is 16.3. The van der Waals surface area contributed by atoms with E-state index in [1.54, 1.807) is 0 Å². The molecule has 130 valence electrons. The predicted octanol–water partition coefficient (Wildman–Crippen LogP) is 2.71. The summed E-state index contributed by atoms with van der Waals surface area (Å²) in [7, 11) is 0. The van der Waals surface area contributed by atoms with Gasteiger partial charge in [0.15, 0.2) is 5.96 Å². The molecule has 1 aromatic carbocycles. The Morgan fingerprint density at radius 3 is 2.57 bits per heavy atom. The van der Waals surface area contributed by atoms with Crippen LogP contribution in [0.2, 0.25) is 0 Å². The van der Waals surface area contributed by atoms with Crippen molar-refractivity contribution in [1.29, 1.82) is 0 Å². The lowest BCUT2D eigenvalue weighted by Gasteiger charge is -2.26. The molecule has 1 aliphatic heterocycles. The van der Waals surface area contributed by atoms with Gasteiger partial charge >= 0.3 is 0 Å². The molecule has 0 saturated carbocycles. The monoisotopic (exact) mass is 432 g/mol. The van der Waals surface area contributed by atoms with E-state index in [1.807, 2.05) is 12.1 Å². The third-order valence-corrected chi connectivity index (χ3v) is 3.90. The summed E-state index contributed by atoms with van der Waals surface area (Å²) in [5.41, 5.74) is 8.23. The van der Waals surface area contributed by atoms with Gasteiger partial charge < -0.3 is 15.8 Å². The summed E-state index contributed by atoms with van der Waals surface area (Å²) >= 11 is 0. The van der Waals surface area contributed by atoms with Crippen molar-refractivity contribution >= 4 is 35.6 Å². The number of aryl methyl sites for hydroxylation is 1. The standard InChI is InChI=1S/C17H28N4O.HI/c1-2-15-5-7-16(8-6-15)20-17(18)19-9-3-4-10-21-11-13-22-14-12-21;/h5-8H,2-4,9-14H2,1H3,(H3,18,19,20);1H. The molecule has 0 atom stereocenters. The van der Waals surface area contributed by atoms with Crippen molar-refractivity contribution in [3.63, 3.8) is 0 Å². The third-order valence-electron chi connectivity index (χ3n) is 3.90. The average molecular weight is 432 g/mol. The molecule has 3 N–H and O–H groups in total. The number of hydrogen-bond acceptors (Lipinski definition) is 3. The highest BCUT2D eigenvalue weighted by Crippen LogP contribution is 2.09. The fraction of sp³-hybridized carbons (Fsp3) is 0.588. The molecular weight excluding hydrogens is 403 g/mol. The first-order valence-electron chi connectivity index (χ1n) is 8.24. The highest BCUT2D eigenvalue weighted by atomic mass is 127. The summed E-state index contributed by atoms with van der Waals surface area (Å²) in [5.74, 6) is 0.496. The Morgan fingerprint density at radius 1 is 1.22 bits per heavy atom. The molecule has 0 unspecified atom stereocenters. The van der Waals surface area contributed by atoms with Gasteiger partial charge in [-0.15, -0.1) is 24.0 Å². The summed E-state index contributed by atoms with van der Waals surface area (Å²) in [6.07, 6.45) is 3.27. The molecule has 1 fully saturated rings. The normalized spacial score (nSPS) is 16.0. The molecule has 2 rings (SSSR count). The minimum absolute atomic E-state index is 0. The van der Waals surface area contributed by atoms with Crippen LogP contribution in [0.5, 0.6) is 0 Å². The van der Waals surface area contributed by atoms with E-state index in [-0.39, 0.29) is 24.0 Å². The van der Waals surface area contributed by atoms with Crippen LogP contribution in [0.15, 0.2) is 29.3 Å². The number of morpholine rings is 1. The number of nitrogens with one attached hydrogen (secondary N) is 1. The van der Waals surface area contributed by atoms with Gasteiger partial charge in [0.2, 0.25) is 0 Å². The van der Waals surface area contributed by atoms with Crippen LogP contribution in [-0.4, -0.2) is 50.3 Å². The lowest BCUT2D eigenvalue weighted by molar-refractivity contribution is 0.0373. The van der Waals surface area contributed by atoms with Crippen molar-refractivity contribution in [1.82, 2.24) is 4.90 Å². The summed E-state index contributed by atoms with van der Waals surface area (Å²) in [5, 5.41) is 3.13. The molecule has 0 bridgehead atoms. The molecule has 1 aliphatic rings. The molecule has 0 aliphatic carbocycles. The van der Waals surface area contributed by atoms with Crippen molar-refractivity contribution in [2.24, 2.45) is 10.7 Å². The topological polar surface area (TPSA) is 62.9 Å². The fourth-order valence-corrected chi connectivity index (χ4v) is 2.48. The number of aliphatic imine (C=N–C) groups is 1. The molecular formula is C17H29IN4O. The number of rotatable bonds is 7. The largest absolute Gasteiger partial charge is 0.379 e. The van der Waals surface area contributed by atoms with Gasteiger partial charge in [0.1, 0.15) is 0 Å². The third kappa shape index (κ3) is 7.99. The number of halogens is 1. The summed E-state index contributed by atoms with van der Waals surface area (Å²) < 4.78 is 5.34. The molecule has 5 nitrogen and oxygen atoms in total. The Morgan fingerprint density at radius 2 is 1.91 bits per heavy atom. The van der Waals surface area contributed by atoms with Crippen LogP contribution < -0.4 is 11.1 Å². The minimum Gasteiger partial charge on any atom is -0.379 e. The average Bonchev–Trinajstić information content (AvgIpc) is 2.56. The van der Waals surface area contributed by atoms with Crippen LogP contribution in [0.3, 0.4) is 0 Å². The highest BCUT2D eigenvalue weighted by Gasteiger charge is 2.08. The Balaban J connectivity index is 0.00000264. The first kappa shape index (κ1) is 20.2. The van der Waals surface area contributed by atoms with Crippen LogP contribution in [0.1, 0.15) is 25.3 Å². The quantitative estimate of drug-likeness (QED) is 0.301. The maximum absolute atomic E-state index is 5.91. The first-order valence-corrected chi connectivity index (χ1v) is 8.24. The van der Waals surface area contributed by atoms with Crippen LogP contribution in [0.4, 0.5) is 5.69 Å². The molecule has 0 spiro atoms. The number of ether oxygens (including phenoxy) is 1. The Hall–Kier alpha value is -0.860. The first-order chi connectivity index (χ1) is 10.8. The lowest BCUT2D eigenvalue weighted by atomic mass is 10.1. The second-order valence-corrected chi connectivity index (χ2v) is 5.60. The number of nitrogens with zero attached hydrogens (tertiary/aromatic N) is 2. The minimum atomic E-state index is 0. The smallest absolute Gasteiger partial charge is 0.193 e. The second-order valence-electron chi connectivity index (χ2n) is 5.60. The van der Waals surface area contributed by atoms with Gasteiger partial charge in [-0.2, -0.15) is 0 Å². The van der Waals surface area contributed by atoms with E-state index in [9.17, 15) is 0 Å². The second kappa shape index (κ2) is 11.6. The number of hydrogen-bond donors (Lipinski definition) is 2. The number of anilines is 1. The van der Waals surface area contributed by atoms with Gasteiger partial charge in [-0.25, -0.2) is 0 Å². The van der Waals surface area contributed by atoms with Crippen molar-refractivity contribution < 1.29 is 4.74 Å². The van der Waals surface area contributed by atoms with E-state index in [4.69, 9.17) is 10.5 Å². The van der Waals surface area contributed by atoms with E-state index in [1.165, 1.54) is 5.56 Å². The van der Waals surface area contributed by atoms with Crippen molar-refractivity contribution in [3.05, 3.63) is 29.8 Å². The van der Waals surface area contributed by atoms with Crippen molar-refractivity contribution in [3.8, 4) is 0 Å². The Kier molecular flexibility index (Phi) is 10.2. The molecule has 0 radical (unpaired) electrons. The molecule has 1 aromatic rings. The van der Waals surface area contributed by atoms with Crippen LogP contribution in [-0.2, 0) is 11.2 Å². The van der Waals surface area contributed by atoms with E-state index in [0.717, 1.165) is 64.3 Å². The van der Waals surface area contributed by atoms with Gasteiger partial charge in [0.25, 0.3) is 0 Å². The lowest BCUT2D eigenvalue weighted by Crippen LogP contribution is -2.36. The van der Waals surface area contributed by atoms with E-state index < -0.39 is 0 Å². The van der Waals surface area contributed by atoms with Gasteiger partial charge in [-0.3, -0.25) is 9.89 Å². The Bertz CT molecular complexity index is 458. The number of guanidine groups is 1. The summed E-state index contributed by atoms with van der Waals surface area (Å²) in [6, 6.07) is 8.30. The predicted molar refractivity (Wildman–Crippen MR) is 108 cm³/mol. The molecule has 0 aromatic heterocycles. The van der Waals surface area contributed by atoms with Crippen molar-refractivity contribution in [2.45, 2.75) is 26.2 Å². The number of nitrogens with two attached hydrogens (primary N) is 1. The zero-order chi connectivity index (χ0) is 15.6.